The fraction of sp³-hybridized carbons (Fsp3) is 0.500. The topological polar surface area (TPSA) is 63.6 Å². The number of aliphatic carboxylic acids is 1. The molecule has 0 saturated heterocycles. The Labute approximate surface area is 70.8 Å². The van der Waals surface area contributed by atoms with Gasteiger partial charge < -0.3 is 9.84 Å². The second-order valence-corrected chi connectivity index (χ2v) is 2.42. The van der Waals surface area contributed by atoms with Crippen LogP contribution in [0.4, 0.5) is 0 Å². The fourth-order valence-electron chi connectivity index (χ4n) is 0.629. The molecular weight excluding hydrogens is 160 g/mol. The summed E-state index contributed by atoms with van der Waals surface area (Å²) in [5, 5.41) is 8.33. The minimum absolute atomic E-state index is 0.128. The highest BCUT2D eigenvalue weighted by atomic mass is 16.5. The minimum atomic E-state index is -1.00. The van der Waals surface area contributed by atoms with E-state index in [4.69, 9.17) is 5.11 Å². The van der Waals surface area contributed by atoms with Gasteiger partial charge in [-0.05, 0) is 0 Å². The van der Waals surface area contributed by atoms with Crippen LogP contribution in [0.15, 0.2) is 12.7 Å². The Kier molecular flexibility index (Phi) is 4.76. The van der Waals surface area contributed by atoms with Crippen LogP contribution in [0.25, 0.3) is 0 Å². The zero-order valence-electron chi connectivity index (χ0n) is 6.95. The molecule has 0 heterocycles. The third-order valence-corrected chi connectivity index (χ3v) is 1.23. The van der Waals surface area contributed by atoms with Crippen LogP contribution < -0.4 is 0 Å². The average Bonchev–Trinajstić information content (AvgIpc) is 1.98. The van der Waals surface area contributed by atoms with Crippen molar-refractivity contribution in [3.05, 3.63) is 12.7 Å². The molecule has 0 bridgehead atoms. The number of carbonyl (C=O) groups excluding carboxylic acids is 1. The SMILES string of the molecule is C=CCOC(=O)C(C)CC(=O)O. The van der Waals surface area contributed by atoms with Crippen LogP contribution >= 0.6 is 0 Å². The highest BCUT2D eigenvalue weighted by molar-refractivity contribution is 5.78. The molecule has 0 aliphatic heterocycles. The summed E-state index contributed by atoms with van der Waals surface area (Å²) >= 11 is 0. The first-order valence-electron chi connectivity index (χ1n) is 3.57. The molecule has 68 valence electrons. The largest absolute Gasteiger partial charge is 0.481 e. The summed E-state index contributed by atoms with van der Waals surface area (Å²) in [4.78, 5) is 21.1. The number of carboxylic acids is 1. The normalized spacial score (nSPS) is 11.8. The lowest BCUT2D eigenvalue weighted by Gasteiger charge is -2.06. The van der Waals surface area contributed by atoms with Gasteiger partial charge in [-0.3, -0.25) is 9.59 Å². The summed E-state index contributed by atoms with van der Waals surface area (Å²) in [6, 6.07) is 0. The van der Waals surface area contributed by atoms with Gasteiger partial charge in [0.05, 0.1) is 12.3 Å². The number of ether oxygens (including phenoxy) is 1. The van der Waals surface area contributed by atoms with Gasteiger partial charge in [0.15, 0.2) is 0 Å². The summed E-state index contributed by atoms with van der Waals surface area (Å²) in [6.45, 7) is 5.00. The highest BCUT2D eigenvalue weighted by Gasteiger charge is 2.16. The van der Waals surface area contributed by atoms with Gasteiger partial charge in [0, 0.05) is 0 Å². The summed E-state index contributed by atoms with van der Waals surface area (Å²) in [5.74, 6) is -2.10. The molecule has 0 saturated carbocycles. The Morgan fingerprint density at radius 1 is 1.67 bits per heavy atom. The van der Waals surface area contributed by atoms with Crippen molar-refractivity contribution in [3.8, 4) is 0 Å². The van der Waals surface area contributed by atoms with Gasteiger partial charge >= 0.3 is 11.9 Å². The standard InChI is InChI=1S/C8H12O4/c1-3-4-12-8(11)6(2)5-7(9)10/h3,6H,1,4-5H2,2H3,(H,9,10). The van der Waals surface area contributed by atoms with Crippen molar-refractivity contribution in [1.82, 2.24) is 0 Å². The van der Waals surface area contributed by atoms with Crippen molar-refractivity contribution < 1.29 is 19.4 Å². The number of hydrogen-bond donors (Lipinski definition) is 1. The molecule has 12 heavy (non-hydrogen) atoms. The van der Waals surface area contributed by atoms with Crippen molar-refractivity contribution >= 4 is 11.9 Å². The van der Waals surface area contributed by atoms with Crippen molar-refractivity contribution in [3.63, 3.8) is 0 Å². The van der Waals surface area contributed by atoms with Gasteiger partial charge in [-0.2, -0.15) is 0 Å². The predicted molar refractivity (Wildman–Crippen MR) is 42.6 cm³/mol. The first-order valence-corrected chi connectivity index (χ1v) is 3.57. The summed E-state index contributed by atoms with van der Waals surface area (Å²) in [5.41, 5.74) is 0. The van der Waals surface area contributed by atoms with Crippen LogP contribution in [-0.4, -0.2) is 23.7 Å². The quantitative estimate of drug-likeness (QED) is 0.492. The second kappa shape index (κ2) is 5.35. The second-order valence-electron chi connectivity index (χ2n) is 2.42. The highest BCUT2D eigenvalue weighted by Crippen LogP contribution is 2.03. The maximum Gasteiger partial charge on any atom is 0.309 e. The van der Waals surface area contributed by atoms with E-state index in [1.54, 1.807) is 0 Å². The first-order chi connectivity index (χ1) is 5.57. The third-order valence-electron chi connectivity index (χ3n) is 1.23. The average molecular weight is 172 g/mol. The molecule has 0 spiro atoms. The smallest absolute Gasteiger partial charge is 0.309 e. The molecule has 0 radical (unpaired) electrons. The number of rotatable bonds is 5. The van der Waals surface area contributed by atoms with Gasteiger partial charge in [-0.1, -0.05) is 19.6 Å². The molecule has 0 fully saturated rings. The molecule has 0 aromatic rings. The number of hydrogen-bond acceptors (Lipinski definition) is 3. The van der Waals surface area contributed by atoms with Crippen molar-refractivity contribution in [2.45, 2.75) is 13.3 Å². The third kappa shape index (κ3) is 4.49. The Morgan fingerprint density at radius 2 is 2.25 bits per heavy atom. The molecule has 1 unspecified atom stereocenters. The predicted octanol–water partition coefficient (Wildman–Crippen LogP) is 0.826. The zero-order valence-corrected chi connectivity index (χ0v) is 6.95. The molecule has 4 nitrogen and oxygen atoms in total. The number of carboxylic acid groups (broad SMARTS) is 1. The van der Waals surface area contributed by atoms with Crippen LogP contribution in [-0.2, 0) is 14.3 Å². The number of carbonyl (C=O) groups is 2. The van der Waals surface area contributed by atoms with Crippen molar-refractivity contribution in [1.29, 1.82) is 0 Å². The molecular formula is C8H12O4. The zero-order chi connectivity index (χ0) is 9.56. The number of esters is 1. The van der Waals surface area contributed by atoms with E-state index in [1.165, 1.54) is 13.0 Å². The Morgan fingerprint density at radius 3 is 2.67 bits per heavy atom. The van der Waals surface area contributed by atoms with Gasteiger partial charge in [0.1, 0.15) is 6.61 Å². The van der Waals surface area contributed by atoms with E-state index in [0.717, 1.165) is 0 Å². The lowest BCUT2D eigenvalue weighted by atomic mass is 10.1. The lowest BCUT2D eigenvalue weighted by Crippen LogP contribution is -2.18. The monoisotopic (exact) mass is 172 g/mol. The Bertz CT molecular complexity index is 185. The van der Waals surface area contributed by atoms with E-state index < -0.39 is 17.9 Å². The minimum Gasteiger partial charge on any atom is -0.481 e. The van der Waals surface area contributed by atoms with Crippen LogP contribution in [0, 0.1) is 5.92 Å². The van der Waals surface area contributed by atoms with Crippen LogP contribution in [0.1, 0.15) is 13.3 Å². The van der Waals surface area contributed by atoms with E-state index in [1.807, 2.05) is 0 Å². The fourth-order valence-corrected chi connectivity index (χ4v) is 0.629. The van der Waals surface area contributed by atoms with E-state index in [2.05, 4.69) is 11.3 Å². The van der Waals surface area contributed by atoms with Gasteiger partial charge in [0.2, 0.25) is 0 Å². The molecule has 0 aromatic heterocycles. The molecule has 0 rings (SSSR count). The molecule has 1 N–H and O–H groups in total. The summed E-state index contributed by atoms with van der Waals surface area (Å²) in [7, 11) is 0. The Balaban J connectivity index is 3.76. The molecule has 0 aromatic carbocycles. The molecule has 0 aliphatic carbocycles. The van der Waals surface area contributed by atoms with E-state index >= 15 is 0 Å². The van der Waals surface area contributed by atoms with Crippen LogP contribution in [0.2, 0.25) is 0 Å². The van der Waals surface area contributed by atoms with E-state index in [9.17, 15) is 9.59 Å². The van der Waals surface area contributed by atoms with E-state index in [0.29, 0.717) is 0 Å². The van der Waals surface area contributed by atoms with Crippen LogP contribution in [0.5, 0.6) is 0 Å². The molecule has 0 aliphatic rings. The van der Waals surface area contributed by atoms with Crippen molar-refractivity contribution in [2.24, 2.45) is 5.92 Å². The molecule has 0 amide bonds. The lowest BCUT2D eigenvalue weighted by molar-refractivity contribution is -0.151. The van der Waals surface area contributed by atoms with Gasteiger partial charge in [-0.15, -0.1) is 0 Å². The first kappa shape index (κ1) is 10.7. The maximum absolute atomic E-state index is 10.9. The van der Waals surface area contributed by atoms with Crippen molar-refractivity contribution in [2.75, 3.05) is 6.61 Å². The summed E-state index contributed by atoms with van der Waals surface area (Å²) in [6.07, 6.45) is 1.24. The van der Waals surface area contributed by atoms with Gasteiger partial charge in [-0.25, -0.2) is 0 Å². The Hall–Kier alpha value is -1.32. The van der Waals surface area contributed by atoms with E-state index in [-0.39, 0.29) is 13.0 Å². The summed E-state index contributed by atoms with van der Waals surface area (Å²) < 4.78 is 4.63. The molecule has 4 heteroatoms. The van der Waals surface area contributed by atoms with Crippen LogP contribution in [0.3, 0.4) is 0 Å². The molecule has 1 atom stereocenters. The van der Waals surface area contributed by atoms with Gasteiger partial charge in [0.25, 0.3) is 0 Å². The maximum atomic E-state index is 10.9.